The summed E-state index contributed by atoms with van der Waals surface area (Å²) in [5, 5.41) is 21.5. The highest BCUT2D eigenvalue weighted by atomic mass is 16.3. The molecule has 6 N–H and O–H groups in total. The molecule has 2 aromatic heterocycles. The van der Waals surface area contributed by atoms with Gasteiger partial charge in [-0.3, -0.25) is 9.13 Å². The number of hydrogen-bond acceptors (Lipinski definition) is 6. The molecule has 8 nitrogen and oxygen atoms in total. The van der Waals surface area contributed by atoms with Crippen molar-refractivity contribution in [1.82, 2.24) is 19.1 Å². The molecule has 0 atom stereocenters. The lowest BCUT2D eigenvalue weighted by Crippen LogP contribution is -1.99. The summed E-state index contributed by atoms with van der Waals surface area (Å²) >= 11 is 0. The van der Waals surface area contributed by atoms with E-state index < -0.39 is 0 Å². The van der Waals surface area contributed by atoms with Crippen molar-refractivity contribution in [3.05, 3.63) is 109 Å². The zero-order chi connectivity index (χ0) is 27.4. The topological polar surface area (TPSA) is 128 Å². The van der Waals surface area contributed by atoms with Gasteiger partial charge < -0.3 is 21.7 Å². The first kappa shape index (κ1) is 23.4. The largest absolute Gasteiger partial charge is 0.507 e. The summed E-state index contributed by atoms with van der Waals surface area (Å²) in [6, 6.07) is 33.3. The van der Waals surface area contributed by atoms with Crippen LogP contribution in [-0.4, -0.2) is 29.3 Å². The fraction of sp³-hybridized carbons (Fsp3) is 0. The van der Waals surface area contributed by atoms with Crippen molar-refractivity contribution in [2.45, 2.75) is 0 Å². The minimum absolute atomic E-state index is 0.130. The van der Waals surface area contributed by atoms with Crippen molar-refractivity contribution in [2.75, 3.05) is 11.5 Å². The van der Waals surface area contributed by atoms with Crippen LogP contribution in [0.3, 0.4) is 0 Å². The number of nitrogen functional groups attached to an aromatic ring is 2. The lowest BCUT2D eigenvalue weighted by molar-refractivity contribution is 0.476. The molecule has 0 bridgehead atoms. The maximum atomic E-state index is 10.7. The van der Waals surface area contributed by atoms with E-state index in [1.807, 2.05) is 94.1 Å². The average molecular weight is 525 g/mol. The van der Waals surface area contributed by atoms with E-state index in [4.69, 9.17) is 21.4 Å². The predicted octanol–water partition coefficient (Wildman–Crippen LogP) is 6.27. The standard InChI is InChI=1S/C32H24N6O2/c33-19-9-13-21(14-10-19)37-27-18-26-28(17-25(27)35-31(37)23-5-1-3-7-29(23)39)38(22-15-11-20(34)12-16-22)32(36-26)24-6-2-4-8-30(24)40/h1-18,39-40H,33-34H2. The molecular weight excluding hydrogens is 500 g/mol. The Kier molecular flexibility index (Phi) is 5.21. The van der Waals surface area contributed by atoms with E-state index in [0.717, 1.165) is 22.4 Å². The Labute approximate surface area is 229 Å². The Bertz CT molecular complexity index is 1890. The van der Waals surface area contributed by atoms with Gasteiger partial charge in [-0.15, -0.1) is 0 Å². The predicted molar refractivity (Wildman–Crippen MR) is 159 cm³/mol. The smallest absolute Gasteiger partial charge is 0.149 e. The molecule has 0 aliphatic carbocycles. The van der Waals surface area contributed by atoms with Crippen molar-refractivity contribution >= 4 is 33.4 Å². The molecule has 5 aromatic carbocycles. The maximum Gasteiger partial charge on any atom is 0.149 e. The molecule has 0 fully saturated rings. The number of phenolic OH excluding ortho intramolecular Hbond substituents is 2. The van der Waals surface area contributed by atoms with Crippen molar-refractivity contribution in [3.63, 3.8) is 0 Å². The number of fused-ring (bicyclic) bond motifs is 2. The minimum atomic E-state index is 0.130. The van der Waals surface area contributed by atoms with E-state index in [1.54, 1.807) is 24.3 Å². The highest BCUT2D eigenvalue weighted by Gasteiger charge is 2.22. The van der Waals surface area contributed by atoms with Gasteiger partial charge in [-0.2, -0.15) is 0 Å². The molecule has 7 aromatic rings. The van der Waals surface area contributed by atoms with Crippen LogP contribution in [0.1, 0.15) is 0 Å². The van der Waals surface area contributed by atoms with E-state index in [-0.39, 0.29) is 11.5 Å². The van der Waals surface area contributed by atoms with Gasteiger partial charge in [-0.25, -0.2) is 9.97 Å². The van der Waals surface area contributed by atoms with Crippen molar-refractivity contribution in [2.24, 2.45) is 0 Å². The van der Waals surface area contributed by atoms with Crippen LogP contribution in [0.2, 0.25) is 0 Å². The number of nitrogens with two attached hydrogens (primary N) is 2. The number of benzene rings is 5. The number of aromatic nitrogens is 4. The second-order valence-electron chi connectivity index (χ2n) is 9.59. The van der Waals surface area contributed by atoms with Crippen LogP contribution in [0.4, 0.5) is 11.4 Å². The van der Waals surface area contributed by atoms with Crippen LogP contribution in [-0.2, 0) is 0 Å². The molecule has 8 heteroatoms. The first-order valence-electron chi connectivity index (χ1n) is 12.7. The second kappa shape index (κ2) is 8.92. The third-order valence-corrected chi connectivity index (χ3v) is 7.02. The molecule has 0 aliphatic heterocycles. The van der Waals surface area contributed by atoms with Crippen LogP contribution >= 0.6 is 0 Å². The van der Waals surface area contributed by atoms with Crippen molar-refractivity contribution < 1.29 is 10.2 Å². The normalized spacial score (nSPS) is 11.4. The third kappa shape index (κ3) is 3.70. The molecule has 194 valence electrons. The van der Waals surface area contributed by atoms with Gasteiger partial charge in [0.25, 0.3) is 0 Å². The van der Waals surface area contributed by atoms with Gasteiger partial charge >= 0.3 is 0 Å². The Morgan fingerprint density at radius 1 is 0.500 bits per heavy atom. The maximum absolute atomic E-state index is 10.7. The average Bonchev–Trinajstić information content (AvgIpc) is 3.51. The van der Waals surface area contributed by atoms with Crippen molar-refractivity contribution in [3.8, 4) is 45.6 Å². The van der Waals surface area contributed by atoms with E-state index in [2.05, 4.69) is 0 Å². The molecule has 0 radical (unpaired) electrons. The molecule has 2 heterocycles. The van der Waals surface area contributed by atoms with Gasteiger partial charge in [0, 0.05) is 22.7 Å². The summed E-state index contributed by atoms with van der Waals surface area (Å²) in [5.41, 5.74) is 19.2. The molecular formula is C32H24N6O2. The monoisotopic (exact) mass is 524 g/mol. The lowest BCUT2D eigenvalue weighted by Gasteiger charge is -2.11. The molecule has 7 rings (SSSR count). The summed E-state index contributed by atoms with van der Waals surface area (Å²) in [4.78, 5) is 10.0. The third-order valence-electron chi connectivity index (χ3n) is 7.02. The highest BCUT2D eigenvalue weighted by Crippen LogP contribution is 2.38. The van der Waals surface area contributed by atoms with Gasteiger partial charge in [0.05, 0.1) is 33.2 Å². The van der Waals surface area contributed by atoms with Crippen LogP contribution < -0.4 is 11.5 Å². The Balaban J connectivity index is 1.57. The van der Waals surface area contributed by atoms with Gasteiger partial charge in [-0.1, -0.05) is 24.3 Å². The number of hydrogen-bond donors (Lipinski definition) is 4. The summed E-state index contributed by atoms with van der Waals surface area (Å²) < 4.78 is 3.98. The number of anilines is 2. The number of imidazole rings is 2. The summed E-state index contributed by atoms with van der Waals surface area (Å²) in [6.45, 7) is 0. The van der Waals surface area contributed by atoms with Crippen LogP contribution in [0.5, 0.6) is 11.5 Å². The lowest BCUT2D eigenvalue weighted by atomic mass is 10.2. The number of phenols is 2. The first-order chi connectivity index (χ1) is 19.5. The van der Waals surface area contributed by atoms with Gasteiger partial charge in [-0.05, 0) is 84.9 Å². The van der Waals surface area contributed by atoms with E-state index in [0.29, 0.717) is 45.2 Å². The van der Waals surface area contributed by atoms with Crippen LogP contribution in [0.15, 0.2) is 109 Å². The fourth-order valence-corrected chi connectivity index (χ4v) is 5.10. The molecule has 0 amide bonds. The number of rotatable bonds is 4. The second-order valence-corrected chi connectivity index (χ2v) is 9.59. The first-order valence-corrected chi connectivity index (χ1v) is 12.7. The number of para-hydroxylation sites is 2. The summed E-state index contributed by atoms with van der Waals surface area (Å²) in [5.74, 6) is 1.44. The Morgan fingerprint density at radius 2 is 0.875 bits per heavy atom. The zero-order valence-electron chi connectivity index (χ0n) is 21.2. The molecule has 0 unspecified atom stereocenters. The fourth-order valence-electron chi connectivity index (χ4n) is 5.10. The summed E-state index contributed by atoms with van der Waals surface area (Å²) in [6.07, 6.45) is 0. The van der Waals surface area contributed by atoms with Gasteiger partial charge in [0.15, 0.2) is 0 Å². The highest BCUT2D eigenvalue weighted by molar-refractivity contribution is 5.97. The Morgan fingerprint density at radius 3 is 1.25 bits per heavy atom. The molecule has 40 heavy (non-hydrogen) atoms. The summed E-state index contributed by atoms with van der Waals surface area (Å²) in [7, 11) is 0. The van der Waals surface area contributed by atoms with Crippen molar-refractivity contribution in [1.29, 1.82) is 0 Å². The van der Waals surface area contributed by atoms with E-state index >= 15 is 0 Å². The zero-order valence-corrected chi connectivity index (χ0v) is 21.2. The number of aromatic hydroxyl groups is 2. The van der Waals surface area contributed by atoms with E-state index in [9.17, 15) is 10.2 Å². The SMILES string of the molecule is Nc1ccc(-n2c(-c3ccccc3O)nc3cc4c(cc32)nc(-c2ccccc2O)n4-c2ccc(N)cc2)cc1. The van der Waals surface area contributed by atoms with Crippen LogP contribution in [0, 0.1) is 0 Å². The van der Waals surface area contributed by atoms with Gasteiger partial charge in [0.1, 0.15) is 23.1 Å². The number of nitrogens with zero attached hydrogens (tertiary/aromatic N) is 4. The van der Waals surface area contributed by atoms with Crippen LogP contribution in [0.25, 0.3) is 56.2 Å². The Hall–Kier alpha value is -5.76. The molecule has 0 saturated carbocycles. The molecule has 0 saturated heterocycles. The molecule has 0 aliphatic rings. The van der Waals surface area contributed by atoms with Gasteiger partial charge in [0.2, 0.25) is 0 Å². The van der Waals surface area contributed by atoms with E-state index in [1.165, 1.54) is 0 Å². The quantitative estimate of drug-likeness (QED) is 0.201. The minimum Gasteiger partial charge on any atom is -0.507 e. The molecule has 0 spiro atoms.